The zero-order valence-corrected chi connectivity index (χ0v) is 8.70. The predicted molar refractivity (Wildman–Crippen MR) is 53.4 cm³/mol. The molecule has 0 spiro atoms. The Balaban J connectivity index is 2.78. The number of aliphatic hydroxyl groups is 1. The van der Waals surface area contributed by atoms with Crippen molar-refractivity contribution in [1.82, 2.24) is 0 Å². The van der Waals surface area contributed by atoms with E-state index >= 15 is 0 Å². The van der Waals surface area contributed by atoms with Crippen molar-refractivity contribution < 1.29 is 14.6 Å². The van der Waals surface area contributed by atoms with Gasteiger partial charge in [-0.05, 0) is 12.8 Å². The molecule has 0 aromatic rings. The molecule has 0 unspecified atom stereocenters. The Hall–Kier alpha value is -1.32. The van der Waals surface area contributed by atoms with Crippen LogP contribution in [0.1, 0.15) is 20.8 Å². The van der Waals surface area contributed by atoms with Crippen molar-refractivity contribution in [2.45, 2.75) is 20.8 Å². The van der Waals surface area contributed by atoms with Crippen molar-refractivity contribution in [2.75, 3.05) is 13.2 Å². The van der Waals surface area contributed by atoms with E-state index in [0.717, 1.165) is 0 Å². The number of cyclic esters (lactones) is 1. The Morgan fingerprint density at radius 1 is 1.64 bits per heavy atom. The molecular weight excluding hydrogens is 182 g/mol. The molecule has 1 heterocycles. The van der Waals surface area contributed by atoms with Crippen LogP contribution >= 0.6 is 0 Å². The number of nitrogens with zero attached hydrogens (tertiary/aromatic N) is 1. The first-order valence-corrected chi connectivity index (χ1v) is 4.63. The van der Waals surface area contributed by atoms with E-state index in [9.17, 15) is 9.90 Å². The fraction of sp³-hybridized carbons (Fsp3) is 0.600. The molecule has 4 heteroatoms. The largest absolute Gasteiger partial charge is 0.508 e. The van der Waals surface area contributed by atoms with Crippen LogP contribution in [0, 0.1) is 5.92 Å². The fourth-order valence-electron chi connectivity index (χ4n) is 1.15. The number of rotatable bonds is 3. The summed E-state index contributed by atoms with van der Waals surface area (Å²) in [7, 11) is 0. The number of aliphatic hydroxyl groups excluding tert-OH is 1. The molecule has 0 saturated heterocycles. The molecule has 78 valence electrons. The summed E-state index contributed by atoms with van der Waals surface area (Å²) in [6.07, 6.45) is 0. The van der Waals surface area contributed by atoms with E-state index in [1.807, 2.05) is 13.8 Å². The van der Waals surface area contributed by atoms with Crippen LogP contribution in [0.5, 0.6) is 0 Å². The second kappa shape index (κ2) is 4.26. The molecule has 0 bridgehead atoms. The van der Waals surface area contributed by atoms with Crippen LogP contribution in [0.2, 0.25) is 0 Å². The van der Waals surface area contributed by atoms with Crippen molar-refractivity contribution in [3.63, 3.8) is 0 Å². The normalized spacial score (nSPS) is 18.0. The first kappa shape index (κ1) is 10.8. The molecule has 0 atom stereocenters. The summed E-state index contributed by atoms with van der Waals surface area (Å²) in [5.74, 6) is -0.0578. The summed E-state index contributed by atoms with van der Waals surface area (Å²) in [6.45, 7) is 6.41. The number of carbonyl (C=O) groups excluding carboxylic acids is 1. The van der Waals surface area contributed by atoms with Crippen molar-refractivity contribution >= 4 is 11.7 Å². The Morgan fingerprint density at radius 3 is 2.71 bits per heavy atom. The number of hydrogen-bond donors (Lipinski definition) is 1. The number of hydrogen-bond acceptors (Lipinski definition) is 4. The van der Waals surface area contributed by atoms with Crippen molar-refractivity contribution in [3.05, 3.63) is 11.3 Å². The molecule has 0 aliphatic carbocycles. The smallest absolute Gasteiger partial charge is 0.344 e. The van der Waals surface area contributed by atoms with Gasteiger partial charge in [-0.15, -0.1) is 0 Å². The SMILES string of the molecule is CC(=NCC(C)C)C1=C(O)COC1=O. The summed E-state index contributed by atoms with van der Waals surface area (Å²) < 4.78 is 4.66. The third kappa shape index (κ3) is 2.34. The molecule has 0 amide bonds. The predicted octanol–water partition coefficient (Wildman–Crippen LogP) is 1.47. The van der Waals surface area contributed by atoms with Gasteiger partial charge in [0.25, 0.3) is 0 Å². The average Bonchev–Trinajstić information content (AvgIpc) is 2.42. The molecule has 0 aromatic carbocycles. The topological polar surface area (TPSA) is 58.9 Å². The van der Waals surface area contributed by atoms with Gasteiger partial charge in [0.15, 0.2) is 0 Å². The van der Waals surface area contributed by atoms with E-state index in [1.165, 1.54) is 0 Å². The van der Waals surface area contributed by atoms with Crippen LogP contribution in [0.3, 0.4) is 0 Å². The van der Waals surface area contributed by atoms with E-state index in [2.05, 4.69) is 9.73 Å². The standard InChI is InChI=1S/C10H15NO3/c1-6(2)4-11-7(3)9-8(12)5-14-10(9)13/h6,12H,4-5H2,1-3H3. The zero-order valence-electron chi connectivity index (χ0n) is 8.70. The Morgan fingerprint density at radius 2 is 2.29 bits per heavy atom. The first-order chi connectivity index (χ1) is 6.52. The lowest BCUT2D eigenvalue weighted by Gasteiger charge is -2.02. The van der Waals surface area contributed by atoms with Crippen molar-refractivity contribution in [2.24, 2.45) is 10.9 Å². The second-order valence-electron chi connectivity index (χ2n) is 3.72. The second-order valence-corrected chi connectivity index (χ2v) is 3.72. The molecule has 14 heavy (non-hydrogen) atoms. The van der Waals surface area contributed by atoms with Crippen LogP contribution in [0.15, 0.2) is 16.3 Å². The molecule has 0 fully saturated rings. The maximum Gasteiger partial charge on any atom is 0.344 e. The minimum atomic E-state index is -0.479. The molecule has 1 aliphatic heterocycles. The zero-order chi connectivity index (χ0) is 10.7. The van der Waals surface area contributed by atoms with Crippen molar-refractivity contribution in [3.8, 4) is 0 Å². The Labute approximate surface area is 83.3 Å². The van der Waals surface area contributed by atoms with E-state index in [0.29, 0.717) is 18.2 Å². The van der Waals surface area contributed by atoms with Crippen LogP contribution in [-0.2, 0) is 9.53 Å². The molecule has 1 N–H and O–H groups in total. The molecule has 1 rings (SSSR count). The third-order valence-corrected chi connectivity index (χ3v) is 1.89. The summed E-state index contributed by atoms with van der Waals surface area (Å²) >= 11 is 0. The first-order valence-electron chi connectivity index (χ1n) is 4.63. The monoisotopic (exact) mass is 197 g/mol. The van der Waals surface area contributed by atoms with Crippen molar-refractivity contribution in [1.29, 1.82) is 0 Å². The van der Waals surface area contributed by atoms with Gasteiger partial charge in [0.1, 0.15) is 17.9 Å². The van der Waals surface area contributed by atoms with Gasteiger partial charge in [-0.25, -0.2) is 4.79 Å². The molecule has 1 aliphatic rings. The minimum absolute atomic E-state index is 0.0139. The quantitative estimate of drug-likeness (QED) is 0.550. The summed E-state index contributed by atoms with van der Waals surface area (Å²) in [5, 5.41) is 9.35. The van der Waals surface area contributed by atoms with E-state index < -0.39 is 5.97 Å². The fourth-order valence-corrected chi connectivity index (χ4v) is 1.15. The number of ether oxygens (including phenoxy) is 1. The van der Waals surface area contributed by atoms with Crippen LogP contribution < -0.4 is 0 Å². The van der Waals surface area contributed by atoms with E-state index in [4.69, 9.17) is 0 Å². The highest BCUT2D eigenvalue weighted by molar-refractivity contribution is 6.20. The molecular formula is C10H15NO3. The molecule has 0 aromatic heterocycles. The van der Waals surface area contributed by atoms with E-state index in [-0.39, 0.29) is 17.9 Å². The highest BCUT2D eigenvalue weighted by Crippen LogP contribution is 2.15. The van der Waals surface area contributed by atoms with Gasteiger partial charge >= 0.3 is 5.97 Å². The lowest BCUT2D eigenvalue weighted by Crippen LogP contribution is -2.09. The third-order valence-electron chi connectivity index (χ3n) is 1.89. The molecule has 0 radical (unpaired) electrons. The van der Waals surface area contributed by atoms with Gasteiger partial charge in [-0.3, -0.25) is 4.99 Å². The summed E-state index contributed by atoms with van der Waals surface area (Å²) in [4.78, 5) is 15.4. The molecule has 0 saturated carbocycles. The van der Waals surface area contributed by atoms with Gasteiger partial charge in [-0.2, -0.15) is 0 Å². The van der Waals surface area contributed by atoms with Gasteiger partial charge in [0.05, 0.1) is 0 Å². The Bertz CT molecular complexity index is 302. The highest BCUT2D eigenvalue weighted by Gasteiger charge is 2.26. The lowest BCUT2D eigenvalue weighted by molar-refractivity contribution is -0.135. The lowest BCUT2D eigenvalue weighted by atomic mass is 10.1. The van der Waals surface area contributed by atoms with Crippen LogP contribution in [0.25, 0.3) is 0 Å². The van der Waals surface area contributed by atoms with Gasteiger partial charge in [-0.1, -0.05) is 13.8 Å². The summed E-state index contributed by atoms with van der Waals surface area (Å²) in [6, 6.07) is 0. The van der Waals surface area contributed by atoms with Crippen LogP contribution in [0.4, 0.5) is 0 Å². The van der Waals surface area contributed by atoms with E-state index in [1.54, 1.807) is 6.92 Å². The number of carbonyl (C=O) groups is 1. The van der Waals surface area contributed by atoms with Crippen LogP contribution in [-0.4, -0.2) is 29.9 Å². The maximum atomic E-state index is 11.1. The summed E-state index contributed by atoms with van der Waals surface area (Å²) in [5.41, 5.74) is 0.782. The van der Waals surface area contributed by atoms with Gasteiger partial charge < -0.3 is 9.84 Å². The Kier molecular flexibility index (Phi) is 3.28. The number of aliphatic imine (C=N–C) groups is 1. The highest BCUT2D eigenvalue weighted by atomic mass is 16.5. The minimum Gasteiger partial charge on any atom is -0.508 e. The maximum absolute atomic E-state index is 11.1. The number of esters is 1. The molecule has 4 nitrogen and oxygen atoms in total. The van der Waals surface area contributed by atoms with Gasteiger partial charge in [0.2, 0.25) is 0 Å². The average molecular weight is 197 g/mol. The van der Waals surface area contributed by atoms with Gasteiger partial charge in [0, 0.05) is 12.3 Å².